The molecule has 2 amide bonds. The van der Waals surface area contributed by atoms with Crippen LogP contribution in [0, 0.1) is 11.3 Å². The van der Waals surface area contributed by atoms with Crippen LogP contribution in [0.3, 0.4) is 0 Å². The Kier molecular flexibility index (Phi) is 8.21. The maximum absolute atomic E-state index is 12.1. The summed E-state index contributed by atoms with van der Waals surface area (Å²) in [7, 11) is 0. The summed E-state index contributed by atoms with van der Waals surface area (Å²) in [5, 5.41) is 19.5. The molecule has 0 heterocycles. The number of rotatable bonds is 7. The van der Waals surface area contributed by atoms with E-state index in [0.29, 0.717) is 32.4 Å². The highest BCUT2D eigenvalue weighted by Gasteiger charge is 2.22. The minimum absolute atomic E-state index is 0.261. The van der Waals surface area contributed by atoms with Crippen LogP contribution in [0.4, 0.5) is 9.59 Å². The number of ether oxygens (including phenoxy) is 1. The van der Waals surface area contributed by atoms with Gasteiger partial charge in [0.25, 0.3) is 0 Å². The third kappa shape index (κ3) is 10.5. The Morgan fingerprint density at radius 1 is 1.38 bits per heavy atom. The van der Waals surface area contributed by atoms with Crippen LogP contribution < -0.4 is 5.32 Å². The second-order valence-corrected chi connectivity index (χ2v) is 5.87. The molecule has 0 aliphatic rings. The van der Waals surface area contributed by atoms with Crippen molar-refractivity contribution in [2.45, 2.75) is 58.6 Å². The summed E-state index contributed by atoms with van der Waals surface area (Å²) in [6.45, 7) is 7.88. The molecule has 0 radical (unpaired) electrons. The molecular weight excluding hydrogens is 274 g/mol. The maximum atomic E-state index is 12.1. The van der Waals surface area contributed by atoms with E-state index >= 15 is 0 Å². The number of nitriles is 1. The number of carbonyl (C=O) groups excluding carboxylic acids is 1. The van der Waals surface area contributed by atoms with Gasteiger partial charge in [0.1, 0.15) is 5.60 Å². The average Bonchev–Trinajstić information content (AvgIpc) is 2.30. The smallest absolute Gasteiger partial charge is 0.410 e. The van der Waals surface area contributed by atoms with Crippen molar-refractivity contribution in [2.24, 2.45) is 0 Å². The molecule has 0 fully saturated rings. The highest BCUT2D eigenvalue weighted by Crippen LogP contribution is 2.11. The van der Waals surface area contributed by atoms with Gasteiger partial charge in [0, 0.05) is 25.6 Å². The molecule has 0 aromatic heterocycles. The summed E-state index contributed by atoms with van der Waals surface area (Å²) in [4.78, 5) is 24.1. The Hall–Kier alpha value is -1.97. The lowest BCUT2D eigenvalue weighted by Crippen LogP contribution is -2.40. The molecular formula is C14H25N3O4. The predicted octanol–water partition coefficient (Wildman–Crippen LogP) is 2.57. The molecule has 7 heteroatoms. The highest BCUT2D eigenvalue weighted by molar-refractivity contribution is 5.68. The van der Waals surface area contributed by atoms with Crippen molar-refractivity contribution in [1.82, 2.24) is 10.2 Å². The highest BCUT2D eigenvalue weighted by atomic mass is 16.6. The molecule has 0 spiro atoms. The van der Waals surface area contributed by atoms with Crippen LogP contribution in [-0.4, -0.2) is 46.9 Å². The number of nitrogens with zero attached hydrogens (tertiary/aromatic N) is 2. The molecule has 0 rings (SSSR count). The average molecular weight is 299 g/mol. The first-order valence-corrected chi connectivity index (χ1v) is 7.00. The van der Waals surface area contributed by atoms with Gasteiger partial charge in [0.15, 0.2) is 0 Å². The van der Waals surface area contributed by atoms with E-state index in [1.165, 1.54) is 4.90 Å². The summed E-state index contributed by atoms with van der Waals surface area (Å²) in [5.41, 5.74) is -0.588. The molecule has 1 atom stereocenters. The van der Waals surface area contributed by atoms with Crippen molar-refractivity contribution in [3.8, 4) is 6.07 Å². The van der Waals surface area contributed by atoms with Crippen molar-refractivity contribution >= 4 is 12.2 Å². The Labute approximate surface area is 125 Å². The van der Waals surface area contributed by atoms with E-state index in [1.807, 2.05) is 6.07 Å². The predicted molar refractivity (Wildman–Crippen MR) is 77.9 cm³/mol. The van der Waals surface area contributed by atoms with E-state index in [4.69, 9.17) is 15.1 Å². The van der Waals surface area contributed by atoms with Crippen molar-refractivity contribution in [3.63, 3.8) is 0 Å². The summed E-state index contributed by atoms with van der Waals surface area (Å²) in [6.07, 6.45) is -0.115. The Morgan fingerprint density at radius 2 is 2.00 bits per heavy atom. The van der Waals surface area contributed by atoms with E-state index in [-0.39, 0.29) is 6.04 Å². The second kappa shape index (κ2) is 9.06. The van der Waals surface area contributed by atoms with Crippen molar-refractivity contribution in [2.75, 3.05) is 13.1 Å². The lowest BCUT2D eigenvalue weighted by molar-refractivity contribution is 0.0243. The van der Waals surface area contributed by atoms with Crippen molar-refractivity contribution < 1.29 is 19.4 Å². The minimum atomic E-state index is -1.09. The van der Waals surface area contributed by atoms with E-state index < -0.39 is 17.8 Å². The normalized spacial score (nSPS) is 12.1. The van der Waals surface area contributed by atoms with Gasteiger partial charge >= 0.3 is 12.2 Å². The van der Waals surface area contributed by atoms with Crippen molar-refractivity contribution in [3.05, 3.63) is 0 Å². The molecule has 0 aliphatic carbocycles. The number of hydrogen-bond acceptors (Lipinski definition) is 4. The molecule has 0 aliphatic heterocycles. The van der Waals surface area contributed by atoms with Gasteiger partial charge in [0.05, 0.1) is 6.07 Å². The standard InChI is InChI=1S/C14H25N3O4/c1-11(16-12(18)19)7-10-17(9-6-5-8-15)13(20)21-14(2,3)4/h11,16H,5-7,9-10H2,1-4H3,(H,18,19)/t11-/m1/s1. The lowest BCUT2D eigenvalue weighted by atomic mass is 10.2. The van der Waals surface area contributed by atoms with Gasteiger partial charge in [-0.1, -0.05) is 0 Å². The zero-order chi connectivity index (χ0) is 16.5. The fourth-order valence-electron chi connectivity index (χ4n) is 1.60. The lowest BCUT2D eigenvalue weighted by Gasteiger charge is -2.28. The summed E-state index contributed by atoms with van der Waals surface area (Å²) < 4.78 is 5.31. The maximum Gasteiger partial charge on any atom is 0.410 e. The summed E-state index contributed by atoms with van der Waals surface area (Å²) in [5.74, 6) is 0. The summed E-state index contributed by atoms with van der Waals surface area (Å²) >= 11 is 0. The molecule has 0 unspecified atom stereocenters. The Bertz CT molecular complexity index is 385. The van der Waals surface area contributed by atoms with E-state index in [0.717, 1.165) is 0 Å². The number of carbonyl (C=O) groups is 2. The molecule has 7 nitrogen and oxygen atoms in total. The number of hydrogen-bond donors (Lipinski definition) is 2. The quantitative estimate of drug-likeness (QED) is 0.703. The molecule has 21 heavy (non-hydrogen) atoms. The van der Waals surface area contributed by atoms with Crippen LogP contribution in [-0.2, 0) is 4.74 Å². The van der Waals surface area contributed by atoms with Crippen LogP contribution >= 0.6 is 0 Å². The van der Waals surface area contributed by atoms with Crippen molar-refractivity contribution in [1.29, 1.82) is 5.26 Å². The zero-order valence-electron chi connectivity index (χ0n) is 13.2. The van der Waals surface area contributed by atoms with Gasteiger partial charge in [-0.3, -0.25) is 0 Å². The van der Waals surface area contributed by atoms with E-state index in [9.17, 15) is 9.59 Å². The topological polar surface area (TPSA) is 103 Å². The first-order chi connectivity index (χ1) is 9.65. The van der Waals surface area contributed by atoms with Gasteiger partial charge in [-0.25, -0.2) is 9.59 Å². The molecule has 2 N–H and O–H groups in total. The molecule has 0 saturated carbocycles. The monoisotopic (exact) mass is 299 g/mol. The van der Waals surface area contributed by atoms with Crippen LogP contribution in [0.2, 0.25) is 0 Å². The number of nitrogens with one attached hydrogen (secondary N) is 1. The first-order valence-electron chi connectivity index (χ1n) is 7.00. The van der Waals surface area contributed by atoms with Crippen LogP contribution in [0.5, 0.6) is 0 Å². The Morgan fingerprint density at radius 3 is 2.48 bits per heavy atom. The summed E-state index contributed by atoms with van der Waals surface area (Å²) in [6, 6.07) is 1.77. The fourth-order valence-corrected chi connectivity index (χ4v) is 1.60. The first kappa shape index (κ1) is 19.0. The van der Waals surface area contributed by atoms with E-state index in [1.54, 1.807) is 27.7 Å². The van der Waals surface area contributed by atoms with Crippen LogP contribution in [0.1, 0.15) is 47.0 Å². The second-order valence-electron chi connectivity index (χ2n) is 5.87. The van der Waals surface area contributed by atoms with Crippen LogP contribution in [0.25, 0.3) is 0 Å². The number of amides is 2. The van der Waals surface area contributed by atoms with Gasteiger partial charge in [-0.05, 0) is 40.5 Å². The number of unbranched alkanes of at least 4 members (excludes halogenated alkanes) is 1. The molecule has 0 bridgehead atoms. The van der Waals surface area contributed by atoms with Gasteiger partial charge in [0.2, 0.25) is 0 Å². The fraction of sp³-hybridized carbons (Fsp3) is 0.786. The molecule has 120 valence electrons. The van der Waals surface area contributed by atoms with Crippen LogP contribution in [0.15, 0.2) is 0 Å². The van der Waals surface area contributed by atoms with Gasteiger partial charge < -0.3 is 20.1 Å². The van der Waals surface area contributed by atoms with Gasteiger partial charge in [-0.15, -0.1) is 0 Å². The zero-order valence-corrected chi connectivity index (χ0v) is 13.2. The van der Waals surface area contributed by atoms with E-state index in [2.05, 4.69) is 5.32 Å². The largest absolute Gasteiger partial charge is 0.465 e. The molecule has 0 saturated heterocycles. The SMILES string of the molecule is C[C@H](CCN(CCCC#N)C(=O)OC(C)(C)C)NC(=O)O. The van der Waals surface area contributed by atoms with Gasteiger partial charge in [-0.2, -0.15) is 5.26 Å². The number of carboxylic acid groups (broad SMARTS) is 1. The molecule has 0 aromatic rings. The Balaban J connectivity index is 4.48. The minimum Gasteiger partial charge on any atom is -0.465 e. The third-order valence-corrected chi connectivity index (χ3v) is 2.57. The molecule has 0 aromatic carbocycles. The third-order valence-electron chi connectivity index (χ3n) is 2.57.